The van der Waals surface area contributed by atoms with Crippen molar-refractivity contribution in [2.24, 2.45) is 0 Å². The fourth-order valence-corrected chi connectivity index (χ4v) is 5.48. The van der Waals surface area contributed by atoms with Crippen molar-refractivity contribution in [3.05, 3.63) is 98.3 Å². The molecule has 0 spiro atoms. The molecule has 0 radical (unpaired) electrons. The highest BCUT2D eigenvalue weighted by Crippen LogP contribution is 2.35. The topological polar surface area (TPSA) is 137 Å². The molecule has 4 rings (SSSR count). The van der Waals surface area contributed by atoms with Crippen LogP contribution in [-0.4, -0.2) is 31.8 Å². The van der Waals surface area contributed by atoms with Gasteiger partial charge in [-0.15, -0.1) is 0 Å². The first kappa shape index (κ1) is 26.8. The number of ether oxygens (including phenoxy) is 1. The minimum Gasteiger partial charge on any atom is -0.462 e. The first-order valence-electron chi connectivity index (χ1n) is 11.3. The van der Waals surface area contributed by atoms with Crippen LogP contribution in [0.15, 0.2) is 70.0 Å². The summed E-state index contributed by atoms with van der Waals surface area (Å²) < 4.78 is 39.1. The molecule has 1 heterocycles. The number of nitro benzene ring substituents is 1. The smallest absolute Gasteiger partial charge is 0.342 e. The summed E-state index contributed by atoms with van der Waals surface area (Å²) in [6.07, 6.45) is 0. The van der Waals surface area contributed by atoms with E-state index in [0.717, 1.165) is 23.8 Å². The largest absolute Gasteiger partial charge is 0.462 e. The van der Waals surface area contributed by atoms with Crippen LogP contribution in [0.5, 0.6) is 0 Å². The van der Waals surface area contributed by atoms with E-state index in [1.165, 1.54) is 30.3 Å². The third-order valence-electron chi connectivity index (χ3n) is 5.70. The van der Waals surface area contributed by atoms with Gasteiger partial charge in [0.15, 0.2) is 0 Å². The van der Waals surface area contributed by atoms with Gasteiger partial charge in [-0.3, -0.25) is 14.9 Å². The van der Waals surface area contributed by atoms with Crippen LogP contribution in [0.2, 0.25) is 5.02 Å². The van der Waals surface area contributed by atoms with Crippen molar-refractivity contribution in [1.29, 1.82) is 0 Å². The van der Waals surface area contributed by atoms with Crippen LogP contribution in [0.4, 0.5) is 11.4 Å². The summed E-state index contributed by atoms with van der Waals surface area (Å²) in [5.41, 5.74) is 0.505. The molecule has 0 atom stereocenters. The molecule has 0 aliphatic heterocycles. The zero-order valence-electron chi connectivity index (χ0n) is 20.4. The van der Waals surface area contributed by atoms with E-state index < -0.39 is 37.4 Å². The van der Waals surface area contributed by atoms with Crippen LogP contribution in [0.3, 0.4) is 0 Å². The highest BCUT2D eigenvalue weighted by Gasteiger charge is 2.34. The molecule has 1 amide bonds. The minimum atomic E-state index is -4.72. The fraction of sp³-hybridized carbons (Fsp3) is 0.154. The van der Waals surface area contributed by atoms with Gasteiger partial charge in [0, 0.05) is 17.0 Å². The van der Waals surface area contributed by atoms with E-state index in [1.807, 2.05) is 6.92 Å². The van der Waals surface area contributed by atoms with Gasteiger partial charge in [-0.1, -0.05) is 29.3 Å². The van der Waals surface area contributed by atoms with Crippen LogP contribution in [0, 0.1) is 24.0 Å². The van der Waals surface area contributed by atoms with Crippen molar-refractivity contribution in [2.45, 2.75) is 25.7 Å². The van der Waals surface area contributed by atoms with Crippen molar-refractivity contribution < 1.29 is 32.1 Å². The number of furan rings is 1. The summed E-state index contributed by atoms with van der Waals surface area (Å²) in [5, 5.41) is 11.4. The second-order valence-electron chi connectivity index (χ2n) is 8.25. The van der Waals surface area contributed by atoms with Gasteiger partial charge in [0.1, 0.15) is 21.9 Å². The van der Waals surface area contributed by atoms with Crippen molar-refractivity contribution in [2.75, 3.05) is 10.9 Å². The molecule has 0 unspecified atom stereocenters. The molecular formula is C26H21ClN2O8S. The Labute approximate surface area is 222 Å². The van der Waals surface area contributed by atoms with E-state index in [0.29, 0.717) is 4.31 Å². The van der Waals surface area contributed by atoms with E-state index in [2.05, 4.69) is 0 Å². The number of halogens is 1. The van der Waals surface area contributed by atoms with Gasteiger partial charge in [-0.05, 0) is 63.2 Å². The molecular weight excluding hydrogens is 536 g/mol. The number of rotatable bonds is 7. The second-order valence-corrected chi connectivity index (χ2v) is 10.4. The number of aryl methyl sites for hydroxylation is 2. The number of carbonyl (C=O) groups is 2. The van der Waals surface area contributed by atoms with Crippen LogP contribution in [0.25, 0.3) is 11.0 Å². The Morgan fingerprint density at radius 3 is 2.37 bits per heavy atom. The molecule has 0 saturated heterocycles. The van der Waals surface area contributed by atoms with Crippen LogP contribution < -0.4 is 4.31 Å². The molecule has 0 aliphatic carbocycles. The van der Waals surface area contributed by atoms with Gasteiger partial charge < -0.3 is 9.15 Å². The number of sulfonamides is 1. The summed E-state index contributed by atoms with van der Waals surface area (Å²) in [4.78, 5) is 36.4. The summed E-state index contributed by atoms with van der Waals surface area (Å²) in [7, 11) is -4.72. The molecule has 0 bridgehead atoms. The van der Waals surface area contributed by atoms with Gasteiger partial charge in [0.05, 0.1) is 22.1 Å². The molecule has 1 aromatic heterocycles. The lowest BCUT2D eigenvalue weighted by Gasteiger charge is -2.23. The lowest BCUT2D eigenvalue weighted by molar-refractivity contribution is -0.384. The summed E-state index contributed by atoms with van der Waals surface area (Å²) >= 11 is 5.88. The Bertz CT molecular complexity index is 1690. The quantitative estimate of drug-likeness (QED) is 0.158. The van der Waals surface area contributed by atoms with E-state index in [9.17, 15) is 28.1 Å². The molecule has 4 aromatic rings. The predicted molar refractivity (Wildman–Crippen MR) is 140 cm³/mol. The van der Waals surface area contributed by atoms with E-state index in [1.54, 1.807) is 26.0 Å². The number of carbonyl (C=O) groups excluding carboxylic acids is 2. The van der Waals surface area contributed by atoms with Crippen molar-refractivity contribution in [3.8, 4) is 0 Å². The third kappa shape index (κ3) is 4.85. The Hall–Kier alpha value is -4.22. The number of nitrogens with zero attached hydrogens (tertiary/aromatic N) is 2. The van der Waals surface area contributed by atoms with Crippen LogP contribution in [0.1, 0.15) is 39.0 Å². The molecule has 0 saturated carbocycles. The maximum absolute atomic E-state index is 13.9. The molecule has 0 N–H and O–H groups in total. The Morgan fingerprint density at radius 2 is 1.74 bits per heavy atom. The van der Waals surface area contributed by atoms with Gasteiger partial charge in [-0.2, -0.15) is 4.31 Å². The van der Waals surface area contributed by atoms with Crippen molar-refractivity contribution in [1.82, 2.24) is 0 Å². The number of amides is 1. The van der Waals surface area contributed by atoms with Crippen LogP contribution >= 0.6 is 11.6 Å². The maximum Gasteiger partial charge on any atom is 0.342 e. The number of benzene rings is 3. The Kier molecular flexibility index (Phi) is 7.25. The average Bonchev–Trinajstić information content (AvgIpc) is 3.19. The van der Waals surface area contributed by atoms with Gasteiger partial charge >= 0.3 is 5.97 Å². The molecule has 0 aliphatic rings. The highest BCUT2D eigenvalue weighted by molar-refractivity contribution is 7.93. The number of anilines is 1. The molecule has 3 aromatic carbocycles. The first-order valence-corrected chi connectivity index (χ1v) is 13.1. The third-order valence-corrected chi connectivity index (χ3v) is 7.72. The number of fused-ring (bicyclic) bond motifs is 1. The highest BCUT2D eigenvalue weighted by atomic mass is 35.5. The van der Waals surface area contributed by atoms with Crippen LogP contribution in [-0.2, 0) is 14.8 Å². The Balaban J connectivity index is 1.96. The molecule has 10 nitrogen and oxygen atoms in total. The van der Waals surface area contributed by atoms with Gasteiger partial charge in [0.2, 0.25) is 0 Å². The van der Waals surface area contributed by atoms with Crippen molar-refractivity contribution in [3.63, 3.8) is 0 Å². The van der Waals surface area contributed by atoms with E-state index in [4.69, 9.17) is 20.8 Å². The fourth-order valence-electron chi connectivity index (χ4n) is 3.87. The molecule has 196 valence electrons. The molecule has 12 heteroatoms. The van der Waals surface area contributed by atoms with Gasteiger partial charge in [0.25, 0.3) is 21.6 Å². The number of esters is 1. The van der Waals surface area contributed by atoms with Crippen molar-refractivity contribution >= 4 is 55.8 Å². The lowest BCUT2D eigenvalue weighted by atomic mass is 10.1. The van der Waals surface area contributed by atoms with E-state index >= 15 is 0 Å². The second kappa shape index (κ2) is 10.3. The Morgan fingerprint density at radius 1 is 1.05 bits per heavy atom. The average molecular weight is 557 g/mol. The standard InChI is InChI=1S/C26H21ClN2O8S/c1-4-36-26(31)24-16(3)37-23-12-9-18(13-20(23)24)28(25(30)17-7-5-15(2)6-8-17)38(34,35)19-10-11-21(27)22(14-19)29(32)33/h5-14H,4H2,1-3H3. The normalized spacial score (nSPS) is 11.4. The van der Waals surface area contributed by atoms with E-state index in [-0.39, 0.29) is 45.2 Å². The summed E-state index contributed by atoms with van der Waals surface area (Å²) in [6, 6.07) is 13.3. The number of hydrogen-bond acceptors (Lipinski definition) is 8. The van der Waals surface area contributed by atoms with Gasteiger partial charge in [-0.25, -0.2) is 13.2 Å². The maximum atomic E-state index is 13.9. The lowest BCUT2D eigenvalue weighted by Crippen LogP contribution is -2.37. The first-order chi connectivity index (χ1) is 17.9. The summed E-state index contributed by atoms with van der Waals surface area (Å²) in [6.45, 7) is 5.11. The zero-order chi connectivity index (χ0) is 27.8. The molecule has 38 heavy (non-hydrogen) atoms. The SMILES string of the molecule is CCOC(=O)c1c(C)oc2ccc(N(C(=O)c3ccc(C)cc3)S(=O)(=O)c3ccc(Cl)c([N+](=O)[O-])c3)cc12. The number of nitro groups is 1. The minimum absolute atomic E-state index is 0.0525. The monoisotopic (exact) mass is 556 g/mol. The predicted octanol–water partition coefficient (Wildman–Crippen LogP) is 5.82. The molecule has 0 fully saturated rings. The number of hydrogen-bond donors (Lipinski definition) is 0. The summed E-state index contributed by atoms with van der Waals surface area (Å²) in [5.74, 6) is -1.34. The zero-order valence-corrected chi connectivity index (χ0v) is 22.0.